The van der Waals surface area contributed by atoms with E-state index in [0.717, 1.165) is 11.3 Å². The lowest BCUT2D eigenvalue weighted by atomic mass is 10.1. The molecule has 1 aromatic carbocycles. The van der Waals surface area contributed by atoms with Crippen molar-refractivity contribution in [1.29, 1.82) is 0 Å². The van der Waals surface area contributed by atoms with Gasteiger partial charge >= 0.3 is 0 Å². The Labute approximate surface area is 94.8 Å². The maximum atomic E-state index is 5.80. The van der Waals surface area contributed by atoms with Crippen LogP contribution in [0.5, 0.6) is 0 Å². The normalized spacial score (nSPS) is 10.4. The number of hydrogen-bond donors (Lipinski definition) is 1. The molecule has 0 aliphatic carbocycles. The number of nitrogens with two attached hydrogens (primary N) is 1. The van der Waals surface area contributed by atoms with E-state index in [-0.39, 0.29) is 0 Å². The molecule has 1 aromatic heterocycles. The molecule has 0 unspecified atom stereocenters. The Morgan fingerprint density at radius 1 is 1.21 bits per heavy atom. The minimum Gasteiger partial charge on any atom is -0.449 e. The summed E-state index contributed by atoms with van der Waals surface area (Å²) in [7, 11) is 0. The highest BCUT2D eigenvalue weighted by molar-refractivity contribution is 9.10. The summed E-state index contributed by atoms with van der Waals surface area (Å²) in [6.45, 7) is 0. The summed E-state index contributed by atoms with van der Waals surface area (Å²) >= 11 is 9.02. The number of furan rings is 1. The molecule has 4 heteroatoms. The Hall–Kier alpha value is -0.930. The fourth-order valence-electron chi connectivity index (χ4n) is 1.22. The van der Waals surface area contributed by atoms with Gasteiger partial charge in [-0.3, -0.25) is 0 Å². The first-order chi connectivity index (χ1) is 6.66. The van der Waals surface area contributed by atoms with E-state index in [0.29, 0.717) is 15.4 Å². The number of anilines is 1. The van der Waals surface area contributed by atoms with E-state index < -0.39 is 0 Å². The standard InChI is InChI=1S/C10H7BrClNO/c11-10-4-3-9(14-10)7-2-1-6(12)5-8(7)13/h1-5H,13H2. The van der Waals surface area contributed by atoms with Crippen molar-refractivity contribution < 1.29 is 4.42 Å². The first kappa shape index (κ1) is 9.62. The summed E-state index contributed by atoms with van der Waals surface area (Å²) < 4.78 is 6.07. The van der Waals surface area contributed by atoms with Crippen LogP contribution in [0.1, 0.15) is 0 Å². The van der Waals surface area contributed by atoms with Crippen LogP contribution in [-0.4, -0.2) is 0 Å². The predicted molar refractivity (Wildman–Crippen MR) is 61.3 cm³/mol. The third-order valence-electron chi connectivity index (χ3n) is 1.85. The second-order valence-corrected chi connectivity index (χ2v) is 4.05. The summed E-state index contributed by atoms with van der Waals surface area (Å²) in [6.07, 6.45) is 0. The molecule has 2 aromatic rings. The lowest BCUT2D eigenvalue weighted by molar-refractivity contribution is 0.556. The van der Waals surface area contributed by atoms with Gasteiger partial charge in [0.25, 0.3) is 0 Å². The maximum absolute atomic E-state index is 5.80. The lowest BCUT2D eigenvalue weighted by Crippen LogP contribution is -1.88. The van der Waals surface area contributed by atoms with Crippen molar-refractivity contribution in [1.82, 2.24) is 0 Å². The molecule has 0 aliphatic heterocycles. The number of nitrogen functional groups attached to an aromatic ring is 1. The van der Waals surface area contributed by atoms with E-state index in [1.165, 1.54) is 0 Å². The number of hydrogen-bond acceptors (Lipinski definition) is 2. The highest BCUT2D eigenvalue weighted by atomic mass is 79.9. The van der Waals surface area contributed by atoms with Crippen molar-refractivity contribution in [2.75, 3.05) is 5.73 Å². The van der Waals surface area contributed by atoms with Gasteiger partial charge in [0, 0.05) is 16.3 Å². The number of halogens is 2. The molecule has 1 heterocycles. The van der Waals surface area contributed by atoms with E-state index >= 15 is 0 Å². The van der Waals surface area contributed by atoms with Gasteiger partial charge in [0.2, 0.25) is 0 Å². The molecule has 0 amide bonds. The summed E-state index contributed by atoms with van der Waals surface area (Å²) in [5, 5.41) is 0.622. The summed E-state index contributed by atoms with van der Waals surface area (Å²) in [5.74, 6) is 0.728. The minimum absolute atomic E-state index is 0.611. The molecule has 2 N–H and O–H groups in total. The van der Waals surface area contributed by atoms with Crippen LogP contribution in [-0.2, 0) is 0 Å². The molecule has 72 valence electrons. The molecule has 0 radical (unpaired) electrons. The Bertz CT molecular complexity index is 467. The van der Waals surface area contributed by atoms with Crippen LogP contribution < -0.4 is 5.73 Å². The van der Waals surface area contributed by atoms with E-state index in [1.54, 1.807) is 12.1 Å². The second-order valence-electron chi connectivity index (χ2n) is 2.84. The van der Waals surface area contributed by atoms with E-state index in [1.807, 2.05) is 18.2 Å². The molecular formula is C10H7BrClNO. The van der Waals surface area contributed by atoms with Crippen molar-refractivity contribution >= 4 is 33.2 Å². The zero-order chi connectivity index (χ0) is 10.1. The molecule has 0 bridgehead atoms. The van der Waals surface area contributed by atoms with Crippen molar-refractivity contribution in [3.05, 3.63) is 40.0 Å². The zero-order valence-electron chi connectivity index (χ0n) is 7.13. The molecular weight excluding hydrogens is 265 g/mol. The van der Waals surface area contributed by atoms with Crippen LogP contribution >= 0.6 is 27.5 Å². The molecule has 2 nitrogen and oxygen atoms in total. The van der Waals surface area contributed by atoms with Crippen molar-refractivity contribution in [3.8, 4) is 11.3 Å². The van der Waals surface area contributed by atoms with Gasteiger partial charge in [0.1, 0.15) is 5.76 Å². The van der Waals surface area contributed by atoms with Crippen LogP contribution in [0.15, 0.2) is 39.4 Å². The van der Waals surface area contributed by atoms with E-state index in [2.05, 4.69) is 15.9 Å². The first-order valence-electron chi connectivity index (χ1n) is 3.97. The average molecular weight is 273 g/mol. The fourth-order valence-corrected chi connectivity index (χ4v) is 1.70. The summed E-state index contributed by atoms with van der Waals surface area (Å²) in [5.41, 5.74) is 7.26. The van der Waals surface area contributed by atoms with E-state index in [9.17, 15) is 0 Å². The fraction of sp³-hybridized carbons (Fsp3) is 0. The smallest absolute Gasteiger partial charge is 0.169 e. The third-order valence-corrected chi connectivity index (χ3v) is 2.51. The molecule has 0 aliphatic rings. The highest BCUT2D eigenvalue weighted by Crippen LogP contribution is 2.30. The summed E-state index contributed by atoms with van der Waals surface area (Å²) in [6, 6.07) is 8.99. The largest absolute Gasteiger partial charge is 0.449 e. The Morgan fingerprint density at radius 2 is 2.00 bits per heavy atom. The van der Waals surface area contributed by atoms with Crippen LogP contribution in [0.4, 0.5) is 5.69 Å². The Morgan fingerprint density at radius 3 is 2.57 bits per heavy atom. The van der Waals surface area contributed by atoms with Gasteiger partial charge in [-0.25, -0.2) is 0 Å². The summed E-state index contributed by atoms with van der Waals surface area (Å²) in [4.78, 5) is 0. The van der Waals surface area contributed by atoms with Gasteiger partial charge in [0.15, 0.2) is 4.67 Å². The average Bonchev–Trinajstić information content (AvgIpc) is 2.51. The zero-order valence-corrected chi connectivity index (χ0v) is 9.47. The molecule has 2 rings (SSSR count). The van der Waals surface area contributed by atoms with Gasteiger partial charge < -0.3 is 10.2 Å². The minimum atomic E-state index is 0.611. The van der Waals surface area contributed by atoms with Crippen molar-refractivity contribution in [3.63, 3.8) is 0 Å². The molecule has 0 spiro atoms. The van der Waals surface area contributed by atoms with Crippen LogP contribution in [0.2, 0.25) is 5.02 Å². The second kappa shape index (κ2) is 3.67. The molecule has 0 saturated carbocycles. The molecule has 0 saturated heterocycles. The monoisotopic (exact) mass is 271 g/mol. The lowest BCUT2D eigenvalue weighted by Gasteiger charge is -2.02. The highest BCUT2D eigenvalue weighted by Gasteiger charge is 2.06. The maximum Gasteiger partial charge on any atom is 0.169 e. The number of benzene rings is 1. The quantitative estimate of drug-likeness (QED) is 0.799. The van der Waals surface area contributed by atoms with E-state index in [4.69, 9.17) is 21.8 Å². The predicted octanol–water partition coefficient (Wildman–Crippen LogP) is 3.94. The van der Waals surface area contributed by atoms with Crippen molar-refractivity contribution in [2.24, 2.45) is 0 Å². The molecule has 0 fully saturated rings. The molecule has 14 heavy (non-hydrogen) atoms. The van der Waals surface area contributed by atoms with Gasteiger partial charge in [-0.15, -0.1) is 0 Å². The van der Waals surface area contributed by atoms with Crippen LogP contribution in [0.3, 0.4) is 0 Å². The third kappa shape index (κ3) is 1.79. The topological polar surface area (TPSA) is 39.2 Å². The van der Waals surface area contributed by atoms with Gasteiger partial charge in [-0.05, 0) is 46.3 Å². The first-order valence-corrected chi connectivity index (χ1v) is 5.14. The number of rotatable bonds is 1. The van der Waals surface area contributed by atoms with Crippen LogP contribution in [0.25, 0.3) is 11.3 Å². The van der Waals surface area contributed by atoms with Gasteiger partial charge in [0.05, 0.1) is 0 Å². The SMILES string of the molecule is Nc1cc(Cl)ccc1-c1ccc(Br)o1. The molecule has 0 atom stereocenters. The van der Waals surface area contributed by atoms with Crippen molar-refractivity contribution in [2.45, 2.75) is 0 Å². The Kier molecular flexibility index (Phi) is 2.52. The van der Waals surface area contributed by atoms with Crippen LogP contribution in [0, 0.1) is 0 Å². The van der Waals surface area contributed by atoms with Gasteiger partial charge in [-0.1, -0.05) is 11.6 Å². The Balaban J connectivity index is 2.52. The van der Waals surface area contributed by atoms with Gasteiger partial charge in [-0.2, -0.15) is 0 Å².